The van der Waals surface area contributed by atoms with Crippen molar-refractivity contribution in [3.8, 4) is 5.75 Å². The average molecular weight is 573 g/mol. The first-order valence-electron chi connectivity index (χ1n) is 10.6. The van der Waals surface area contributed by atoms with E-state index < -0.39 is 12.7 Å². The summed E-state index contributed by atoms with van der Waals surface area (Å²) in [5.41, 5.74) is 2.70. The SMILES string of the molecule is CCNC(=NCC(O)c1ccc(OC(F)F)cc1)NCCCn1c(C)nc2ccccc21.I. The van der Waals surface area contributed by atoms with Gasteiger partial charge in [0.15, 0.2) is 5.96 Å². The molecular formula is C23H30F2IN5O2. The maximum atomic E-state index is 12.3. The summed E-state index contributed by atoms with van der Waals surface area (Å²) in [7, 11) is 0. The van der Waals surface area contributed by atoms with Crippen LogP contribution in [0.25, 0.3) is 11.0 Å². The van der Waals surface area contributed by atoms with Crippen LogP contribution in [0.1, 0.15) is 30.8 Å². The molecule has 0 radical (unpaired) electrons. The van der Waals surface area contributed by atoms with Crippen molar-refractivity contribution in [2.45, 2.75) is 39.5 Å². The quantitative estimate of drug-likeness (QED) is 0.146. The fourth-order valence-electron chi connectivity index (χ4n) is 3.42. The van der Waals surface area contributed by atoms with Crippen molar-refractivity contribution in [2.75, 3.05) is 19.6 Å². The molecule has 1 unspecified atom stereocenters. The van der Waals surface area contributed by atoms with Crippen LogP contribution in [0.5, 0.6) is 5.75 Å². The number of benzene rings is 2. The second kappa shape index (κ2) is 13.3. The molecule has 0 spiro atoms. The van der Waals surface area contributed by atoms with E-state index in [9.17, 15) is 13.9 Å². The number of guanidine groups is 1. The lowest BCUT2D eigenvalue weighted by molar-refractivity contribution is -0.0498. The monoisotopic (exact) mass is 573 g/mol. The van der Waals surface area contributed by atoms with Gasteiger partial charge >= 0.3 is 6.61 Å². The number of nitrogens with zero attached hydrogens (tertiary/aromatic N) is 3. The van der Waals surface area contributed by atoms with Crippen molar-refractivity contribution in [3.63, 3.8) is 0 Å². The van der Waals surface area contributed by atoms with Gasteiger partial charge in [-0.15, -0.1) is 24.0 Å². The Hall–Kier alpha value is -2.47. The lowest BCUT2D eigenvalue weighted by Crippen LogP contribution is -2.38. The molecule has 0 aliphatic rings. The number of hydrogen-bond donors (Lipinski definition) is 3. The van der Waals surface area contributed by atoms with Crippen molar-refractivity contribution in [2.24, 2.45) is 4.99 Å². The lowest BCUT2D eigenvalue weighted by Gasteiger charge is -2.14. The van der Waals surface area contributed by atoms with Gasteiger partial charge in [0.05, 0.1) is 23.7 Å². The summed E-state index contributed by atoms with van der Waals surface area (Å²) in [6.45, 7) is 3.45. The number of aryl methyl sites for hydroxylation is 2. The van der Waals surface area contributed by atoms with Gasteiger partial charge in [-0.1, -0.05) is 24.3 Å². The summed E-state index contributed by atoms with van der Waals surface area (Å²) >= 11 is 0. The van der Waals surface area contributed by atoms with E-state index in [0.717, 1.165) is 29.8 Å². The summed E-state index contributed by atoms with van der Waals surface area (Å²) in [6, 6.07) is 14.0. The molecule has 7 nitrogen and oxygen atoms in total. The van der Waals surface area contributed by atoms with Crippen LogP contribution in [0.2, 0.25) is 0 Å². The lowest BCUT2D eigenvalue weighted by atomic mass is 10.1. The minimum Gasteiger partial charge on any atom is -0.435 e. The zero-order chi connectivity index (χ0) is 22.9. The third kappa shape index (κ3) is 7.81. The second-order valence-corrected chi connectivity index (χ2v) is 7.26. The predicted octanol–water partition coefficient (Wildman–Crippen LogP) is 4.24. The van der Waals surface area contributed by atoms with Crippen LogP contribution < -0.4 is 15.4 Å². The van der Waals surface area contributed by atoms with Crippen LogP contribution in [-0.2, 0) is 6.54 Å². The molecule has 1 atom stereocenters. The number of para-hydroxylation sites is 2. The molecule has 0 bridgehead atoms. The number of aliphatic hydroxyl groups excluding tert-OH is 1. The highest BCUT2D eigenvalue weighted by Crippen LogP contribution is 2.19. The smallest absolute Gasteiger partial charge is 0.387 e. The highest BCUT2D eigenvalue weighted by atomic mass is 127. The topological polar surface area (TPSA) is 83.7 Å². The van der Waals surface area contributed by atoms with E-state index in [1.807, 2.05) is 32.0 Å². The number of fused-ring (bicyclic) bond motifs is 1. The Labute approximate surface area is 209 Å². The summed E-state index contributed by atoms with van der Waals surface area (Å²) in [4.78, 5) is 9.02. The molecule has 0 amide bonds. The molecule has 0 saturated carbocycles. The van der Waals surface area contributed by atoms with Crippen molar-refractivity contribution in [1.82, 2.24) is 20.2 Å². The molecular weight excluding hydrogens is 543 g/mol. The maximum absolute atomic E-state index is 12.3. The molecule has 1 heterocycles. The van der Waals surface area contributed by atoms with Gasteiger partial charge < -0.3 is 25.0 Å². The van der Waals surface area contributed by atoms with E-state index >= 15 is 0 Å². The molecule has 1 aromatic heterocycles. The number of nitrogens with one attached hydrogen (secondary N) is 2. The van der Waals surface area contributed by atoms with Crippen molar-refractivity contribution < 1.29 is 18.6 Å². The molecule has 10 heteroatoms. The van der Waals surface area contributed by atoms with Crippen LogP contribution in [0, 0.1) is 6.92 Å². The maximum Gasteiger partial charge on any atom is 0.387 e. The van der Waals surface area contributed by atoms with Crippen LogP contribution >= 0.6 is 24.0 Å². The van der Waals surface area contributed by atoms with E-state index in [1.165, 1.54) is 12.1 Å². The molecule has 180 valence electrons. The summed E-state index contributed by atoms with van der Waals surface area (Å²) in [5, 5.41) is 16.8. The van der Waals surface area contributed by atoms with Gasteiger partial charge in [0.25, 0.3) is 0 Å². The Morgan fingerprint density at radius 3 is 2.58 bits per heavy atom. The Balaban J connectivity index is 0.00000385. The molecule has 2 aromatic carbocycles. The summed E-state index contributed by atoms with van der Waals surface area (Å²) < 4.78 is 31.0. The third-order valence-corrected chi connectivity index (χ3v) is 4.95. The number of halogens is 3. The fourth-order valence-corrected chi connectivity index (χ4v) is 3.42. The second-order valence-electron chi connectivity index (χ2n) is 7.26. The van der Waals surface area contributed by atoms with Crippen LogP contribution in [-0.4, -0.2) is 46.9 Å². The van der Waals surface area contributed by atoms with Gasteiger partial charge in [-0.05, 0) is 50.1 Å². The van der Waals surface area contributed by atoms with Crippen molar-refractivity contribution in [3.05, 3.63) is 59.9 Å². The van der Waals surface area contributed by atoms with Gasteiger partial charge in [0, 0.05) is 19.6 Å². The number of aliphatic hydroxyl groups is 1. The highest BCUT2D eigenvalue weighted by Gasteiger charge is 2.10. The van der Waals surface area contributed by atoms with E-state index in [0.29, 0.717) is 24.6 Å². The van der Waals surface area contributed by atoms with E-state index in [1.54, 1.807) is 12.1 Å². The average Bonchev–Trinajstić information content (AvgIpc) is 3.09. The standard InChI is InChI=1S/C23H29F2N5O2.HI/c1-3-26-23(28-15-21(31)17-9-11-18(12-10-17)32-22(24)25)27-13-6-14-30-16(2)29-19-7-4-5-8-20(19)30;/h4-5,7-12,21-22,31H,3,6,13-15H2,1-2H3,(H2,26,27,28);1H. The first kappa shape index (κ1) is 26.8. The molecule has 0 fully saturated rings. The minimum absolute atomic E-state index is 0. The molecule has 0 saturated heterocycles. The van der Waals surface area contributed by atoms with Crippen LogP contribution in [0.15, 0.2) is 53.5 Å². The van der Waals surface area contributed by atoms with Gasteiger partial charge in [-0.3, -0.25) is 4.99 Å². The van der Waals surface area contributed by atoms with Crippen molar-refractivity contribution in [1.29, 1.82) is 0 Å². The number of aromatic nitrogens is 2. The van der Waals surface area contributed by atoms with Gasteiger partial charge in [0.2, 0.25) is 0 Å². The Kier molecular flexibility index (Phi) is 10.8. The first-order valence-corrected chi connectivity index (χ1v) is 10.6. The Morgan fingerprint density at radius 1 is 1.15 bits per heavy atom. The Morgan fingerprint density at radius 2 is 1.88 bits per heavy atom. The molecule has 0 aliphatic carbocycles. The third-order valence-electron chi connectivity index (χ3n) is 4.95. The zero-order valence-corrected chi connectivity index (χ0v) is 21.0. The molecule has 33 heavy (non-hydrogen) atoms. The number of imidazole rings is 1. The van der Waals surface area contributed by atoms with Gasteiger partial charge in [-0.2, -0.15) is 8.78 Å². The predicted molar refractivity (Wildman–Crippen MR) is 137 cm³/mol. The number of aliphatic imine (C=N–C) groups is 1. The van der Waals surface area contributed by atoms with E-state index in [4.69, 9.17) is 0 Å². The largest absolute Gasteiger partial charge is 0.435 e. The number of rotatable bonds is 10. The van der Waals surface area contributed by atoms with Crippen molar-refractivity contribution >= 4 is 41.0 Å². The van der Waals surface area contributed by atoms with Crippen LogP contribution in [0.4, 0.5) is 8.78 Å². The highest BCUT2D eigenvalue weighted by molar-refractivity contribution is 14.0. The Bertz CT molecular complexity index is 1030. The molecule has 0 aliphatic heterocycles. The number of ether oxygens (including phenoxy) is 1. The van der Waals surface area contributed by atoms with Gasteiger partial charge in [0.1, 0.15) is 11.6 Å². The summed E-state index contributed by atoms with van der Waals surface area (Å²) in [5.74, 6) is 1.65. The molecule has 3 rings (SSSR count). The normalized spacial score (nSPS) is 12.5. The van der Waals surface area contributed by atoms with Gasteiger partial charge in [-0.25, -0.2) is 4.98 Å². The fraction of sp³-hybridized carbons (Fsp3) is 0.391. The zero-order valence-electron chi connectivity index (χ0n) is 18.7. The first-order chi connectivity index (χ1) is 15.5. The van der Waals surface area contributed by atoms with Crippen LogP contribution in [0.3, 0.4) is 0 Å². The molecule has 3 N–H and O–H groups in total. The number of alkyl halides is 2. The molecule has 3 aromatic rings. The number of hydrogen-bond acceptors (Lipinski definition) is 4. The summed E-state index contributed by atoms with van der Waals surface area (Å²) in [6.07, 6.45) is 0.0192. The van der Waals surface area contributed by atoms with E-state index in [2.05, 4.69) is 36.0 Å². The minimum atomic E-state index is -2.87. The van der Waals surface area contributed by atoms with E-state index in [-0.39, 0.29) is 36.3 Å².